The Labute approximate surface area is 70.9 Å². The third kappa shape index (κ3) is 2.55. The Morgan fingerprint density at radius 3 is 1.83 bits per heavy atom. The molecule has 0 aliphatic carbocycles. The van der Waals surface area contributed by atoms with Crippen LogP contribution in [0, 0.1) is 24.7 Å². The highest BCUT2D eigenvalue weighted by atomic mass is 19.2. The average molecular weight is 172 g/mol. The Morgan fingerprint density at radius 2 is 1.50 bits per heavy atom. The van der Waals surface area contributed by atoms with Gasteiger partial charge in [-0.25, -0.2) is 13.2 Å². The van der Waals surface area contributed by atoms with Crippen LogP contribution in [0.15, 0.2) is 0 Å². The summed E-state index contributed by atoms with van der Waals surface area (Å²) in [6, 6.07) is 0. The SMILES string of the molecule is BC(C#C)C(F)C(F)C(F)C#C. The van der Waals surface area contributed by atoms with Crippen LogP contribution in [0.5, 0.6) is 0 Å². The van der Waals surface area contributed by atoms with E-state index in [0.717, 1.165) is 0 Å². The smallest absolute Gasteiger partial charge is 0.194 e. The molecule has 0 radical (unpaired) electrons. The standard InChI is InChI=1S/C8H8BF3/c1-3-5(9)7(11)8(12)6(10)4-2/h1-2,5-8H,9H2. The van der Waals surface area contributed by atoms with E-state index in [1.807, 2.05) is 5.92 Å². The van der Waals surface area contributed by atoms with Crippen molar-refractivity contribution >= 4 is 7.85 Å². The second-order valence-electron chi connectivity index (χ2n) is 2.41. The first-order valence-corrected chi connectivity index (χ1v) is 3.39. The number of terminal acetylenes is 2. The minimum atomic E-state index is -2.33. The van der Waals surface area contributed by atoms with Crippen LogP contribution in [0.1, 0.15) is 0 Å². The van der Waals surface area contributed by atoms with Crippen molar-refractivity contribution in [2.24, 2.45) is 0 Å². The number of hydrogen-bond acceptors (Lipinski definition) is 0. The predicted octanol–water partition coefficient (Wildman–Crippen LogP) is 0.689. The maximum Gasteiger partial charge on any atom is 0.194 e. The fourth-order valence-electron chi connectivity index (χ4n) is 0.621. The maximum absolute atomic E-state index is 12.8. The van der Waals surface area contributed by atoms with Crippen molar-refractivity contribution in [3.8, 4) is 24.7 Å². The lowest BCUT2D eigenvalue weighted by molar-refractivity contribution is 0.113. The van der Waals surface area contributed by atoms with Crippen LogP contribution in [0.25, 0.3) is 0 Å². The number of alkyl halides is 3. The van der Waals surface area contributed by atoms with Crippen LogP contribution >= 0.6 is 0 Å². The van der Waals surface area contributed by atoms with E-state index in [0.29, 0.717) is 0 Å². The Kier molecular flexibility index (Phi) is 4.36. The molecule has 0 aliphatic heterocycles. The molecule has 0 saturated carbocycles. The monoisotopic (exact) mass is 172 g/mol. The van der Waals surface area contributed by atoms with Gasteiger partial charge in [-0.05, 0) is 0 Å². The summed E-state index contributed by atoms with van der Waals surface area (Å²) in [4.78, 5) is 0. The third-order valence-electron chi connectivity index (χ3n) is 1.48. The Hall–Kier alpha value is -1.03. The molecule has 0 nitrogen and oxygen atoms in total. The summed E-state index contributed by atoms with van der Waals surface area (Å²) >= 11 is 0. The van der Waals surface area contributed by atoms with E-state index in [-0.39, 0.29) is 0 Å². The van der Waals surface area contributed by atoms with Gasteiger partial charge in [-0.3, -0.25) is 0 Å². The Balaban J connectivity index is 4.22. The molecule has 0 aromatic heterocycles. The second kappa shape index (κ2) is 4.77. The Bertz CT molecular complexity index is 191. The minimum absolute atomic E-state index is 0.966. The number of hydrogen-bond donors (Lipinski definition) is 0. The van der Waals surface area contributed by atoms with Gasteiger partial charge in [0.05, 0.1) is 0 Å². The van der Waals surface area contributed by atoms with Crippen LogP contribution in [0.2, 0.25) is 5.82 Å². The summed E-state index contributed by atoms with van der Waals surface area (Å²) in [5.74, 6) is 2.48. The van der Waals surface area contributed by atoms with Gasteiger partial charge in [0.2, 0.25) is 0 Å². The minimum Gasteiger partial charge on any atom is -0.244 e. The second-order valence-corrected chi connectivity index (χ2v) is 2.41. The van der Waals surface area contributed by atoms with Gasteiger partial charge < -0.3 is 0 Å². The zero-order valence-corrected chi connectivity index (χ0v) is 6.60. The van der Waals surface area contributed by atoms with Gasteiger partial charge >= 0.3 is 0 Å². The van der Waals surface area contributed by atoms with Gasteiger partial charge in [0.25, 0.3) is 0 Å². The van der Waals surface area contributed by atoms with Gasteiger partial charge in [-0.15, -0.1) is 18.8 Å². The zero-order valence-electron chi connectivity index (χ0n) is 6.60. The van der Waals surface area contributed by atoms with Gasteiger partial charge in [0.15, 0.2) is 12.3 Å². The molecule has 4 unspecified atom stereocenters. The summed E-state index contributed by atoms with van der Waals surface area (Å²) in [6.45, 7) is 0. The van der Waals surface area contributed by atoms with Crippen LogP contribution in [0.4, 0.5) is 13.2 Å². The number of rotatable bonds is 3. The predicted molar refractivity (Wildman–Crippen MR) is 44.6 cm³/mol. The summed E-state index contributed by atoms with van der Waals surface area (Å²) < 4.78 is 37.8. The van der Waals surface area contributed by atoms with Gasteiger partial charge in [0, 0.05) is 5.82 Å². The third-order valence-corrected chi connectivity index (χ3v) is 1.48. The zero-order chi connectivity index (χ0) is 9.72. The first-order chi connectivity index (χ1) is 5.54. The normalized spacial score (nSPS) is 19.8. The lowest BCUT2D eigenvalue weighted by atomic mass is 9.81. The van der Waals surface area contributed by atoms with Gasteiger partial charge in [0.1, 0.15) is 14.0 Å². The van der Waals surface area contributed by atoms with Crippen molar-refractivity contribution in [2.45, 2.75) is 24.3 Å². The van der Waals surface area contributed by atoms with Crippen molar-refractivity contribution in [3.63, 3.8) is 0 Å². The maximum atomic E-state index is 12.8. The molecule has 12 heavy (non-hydrogen) atoms. The van der Waals surface area contributed by atoms with Crippen molar-refractivity contribution in [1.29, 1.82) is 0 Å². The molecule has 4 atom stereocenters. The molecule has 0 aliphatic rings. The molecule has 0 spiro atoms. The molecule has 0 heterocycles. The molecule has 0 aromatic carbocycles. The molecule has 0 amide bonds. The summed E-state index contributed by atoms with van der Waals surface area (Å²) in [5.41, 5.74) is 0. The van der Waals surface area contributed by atoms with E-state index in [2.05, 4.69) is 6.42 Å². The topological polar surface area (TPSA) is 0 Å². The largest absolute Gasteiger partial charge is 0.244 e. The van der Waals surface area contributed by atoms with E-state index < -0.39 is 24.3 Å². The quantitative estimate of drug-likeness (QED) is 0.434. The van der Waals surface area contributed by atoms with Crippen molar-refractivity contribution in [3.05, 3.63) is 0 Å². The Morgan fingerprint density at radius 1 is 1.00 bits per heavy atom. The molecule has 0 aromatic rings. The van der Waals surface area contributed by atoms with E-state index in [9.17, 15) is 13.2 Å². The molecule has 0 rings (SSSR count). The molecule has 4 heteroatoms. The average Bonchev–Trinajstić information content (AvgIpc) is 2.12. The first-order valence-electron chi connectivity index (χ1n) is 3.39. The fraction of sp³-hybridized carbons (Fsp3) is 0.500. The highest BCUT2D eigenvalue weighted by Crippen LogP contribution is 2.20. The van der Waals surface area contributed by atoms with Gasteiger partial charge in [-0.2, -0.15) is 0 Å². The van der Waals surface area contributed by atoms with Crippen LogP contribution in [0.3, 0.4) is 0 Å². The lowest BCUT2D eigenvalue weighted by Gasteiger charge is -2.16. The molecule has 0 N–H and O–H groups in total. The molecule has 0 bridgehead atoms. The van der Waals surface area contributed by atoms with Gasteiger partial charge in [-0.1, -0.05) is 5.92 Å². The highest BCUT2D eigenvalue weighted by molar-refractivity contribution is 6.14. The molecule has 0 saturated heterocycles. The fourth-order valence-corrected chi connectivity index (χ4v) is 0.621. The van der Waals surface area contributed by atoms with Crippen LogP contribution in [-0.4, -0.2) is 26.4 Å². The van der Waals surface area contributed by atoms with Crippen LogP contribution < -0.4 is 0 Å². The summed E-state index contributed by atoms with van der Waals surface area (Å²) in [5, 5.41) is 0. The van der Waals surface area contributed by atoms with Crippen LogP contribution in [-0.2, 0) is 0 Å². The van der Waals surface area contributed by atoms with E-state index in [1.165, 1.54) is 13.8 Å². The summed E-state index contributed by atoms with van der Waals surface area (Å²) in [6.07, 6.45) is 2.79. The number of halogens is 3. The van der Waals surface area contributed by atoms with E-state index in [1.54, 1.807) is 0 Å². The van der Waals surface area contributed by atoms with Crippen molar-refractivity contribution in [1.82, 2.24) is 0 Å². The lowest BCUT2D eigenvalue weighted by Crippen LogP contribution is -2.30. The molecular weight excluding hydrogens is 164 g/mol. The first kappa shape index (κ1) is 11.0. The van der Waals surface area contributed by atoms with E-state index >= 15 is 0 Å². The molecular formula is C8H8BF3. The summed E-state index contributed by atoms with van der Waals surface area (Å²) in [7, 11) is 1.29. The van der Waals surface area contributed by atoms with E-state index in [4.69, 9.17) is 6.42 Å². The van der Waals surface area contributed by atoms with Crippen molar-refractivity contribution in [2.75, 3.05) is 0 Å². The van der Waals surface area contributed by atoms with Crippen molar-refractivity contribution < 1.29 is 13.2 Å². The molecule has 0 fully saturated rings. The highest BCUT2D eigenvalue weighted by Gasteiger charge is 2.31. The molecule has 64 valence electrons.